The van der Waals surface area contributed by atoms with E-state index in [4.69, 9.17) is 0 Å². The number of hydrogen-bond acceptors (Lipinski definition) is 4. The fourth-order valence-electron chi connectivity index (χ4n) is 4.21. The molecule has 2 aliphatic rings. The summed E-state index contributed by atoms with van der Waals surface area (Å²) in [5, 5.41) is 0.659. The van der Waals surface area contributed by atoms with E-state index in [1.807, 2.05) is 33.0 Å². The zero-order valence-electron chi connectivity index (χ0n) is 16.7. The highest BCUT2D eigenvalue weighted by molar-refractivity contribution is 7.89. The van der Waals surface area contributed by atoms with E-state index in [9.17, 15) is 13.2 Å². The van der Waals surface area contributed by atoms with Crippen molar-refractivity contribution in [3.8, 4) is 0 Å². The molecule has 4 rings (SSSR count). The number of likely N-dealkylation sites (tertiary alicyclic amines) is 1. The van der Waals surface area contributed by atoms with Crippen LogP contribution < -0.4 is 0 Å². The Bertz CT molecular complexity index is 978. The van der Waals surface area contributed by atoms with Gasteiger partial charge in [0, 0.05) is 49.4 Å². The van der Waals surface area contributed by atoms with Crippen LogP contribution in [0, 0.1) is 5.41 Å². The number of aromatic nitrogens is 2. The molecule has 28 heavy (non-hydrogen) atoms. The van der Waals surface area contributed by atoms with Crippen LogP contribution in [0.2, 0.25) is 0 Å². The second-order valence-corrected chi connectivity index (χ2v) is 11.2. The monoisotopic (exact) mass is 404 g/mol. The van der Waals surface area contributed by atoms with E-state index in [1.54, 1.807) is 15.4 Å². The summed E-state index contributed by atoms with van der Waals surface area (Å²) in [5.41, 5.74) is 1.64. The zero-order valence-corrected chi connectivity index (χ0v) is 17.5. The van der Waals surface area contributed by atoms with Gasteiger partial charge < -0.3 is 9.88 Å². The Labute approximate surface area is 166 Å². The van der Waals surface area contributed by atoms with Crippen molar-refractivity contribution >= 4 is 27.0 Å². The normalized spacial score (nSPS) is 20.5. The van der Waals surface area contributed by atoms with E-state index < -0.39 is 20.7 Å². The molecular formula is C20H28N4O3S. The molecule has 0 aromatic carbocycles. The number of rotatable bonds is 3. The van der Waals surface area contributed by atoms with Gasteiger partial charge in [0.05, 0.1) is 0 Å². The topological polar surface area (TPSA) is 86.4 Å². The first kappa shape index (κ1) is 19.4. The third-order valence-electron chi connectivity index (χ3n) is 5.93. The quantitative estimate of drug-likeness (QED) is 0.851. The van der Waals surface area contributed by atoms with Crippen LogP contribution in [-0.4, -0.2) is 64.9 Å². The fourth-order valence-corrected chi connectivity index (χ4v) is 6.09. The minimum absolute atomic E-state index is 0.0191. The molecular weight excluding hydrogens is 376 g/mol. The molecule has 2 fully saturated rings. The lowest BCUT2D eigenvalue weighted by Gasteiger charge is -2.44. The van der Waals surface area contributed by atoms with Crippen molar-refractivity contribution in [1.29, 1.82) is 0 Å². The number of pyridine rings is 1. The molecule has 1 N–H and O–H groups in total. The van der Waals surface area contributed by atoms with Gasteiger partial charge in [-0.05, 0) is 36.5 Å². The third-order valence-corrected chi connectivity index (χ3v) is 8.16. The van der Waals surface area contributed by atoms with Gasteiger partial charge in [0.15, 0.2) is 0 Å². The highest BCUT2D eigenvalue weighted by Crippen LogP contribution is 2.35. The van der Waals surface area contributed by atoms with Gasteiger partial charge in [0.2, 0.25) is 15.9 Å². The first-order chi connectivity index (χ1) is 13.2. The van der Waals surface area contributed by atoms with Gasteiger partial charge in [0.25, 0.3) is 0 Å². The van der Waals surface area contributed by atoms with Crippen molar-refractivity contribution in [2.75, 3.05) is 26.2 Å². The third kappa shape index (κ3) is 3.33. The number of fused-ring (bicyclic) bond motifs is 1. The highest BCUT2D eigenvalue weighted by Gasteiger charge is 2.45. The summed E-state index contributed by atoms with van der Waals surface area (Å²) in [5.74, 6) is 0.357. The number of sulfonamides is 1. The standard InChI is InChI=1S/C20H28N4O3S/c1-20(2,3)19(25)23-12-15(13-23)28(26,27)24-9-6-14(7-10-24)17-11-22-18-16(17)5-4-8-21-18/h4-5,8,11,14-15H,6-7,9-10,12-13H2,1-3H3,(H,21,22). The molecule has 1 amide bonds. The van der Waals surface area contributed by atoms with E-state index in [0.717, 1.165) is 23.9 Å². The van der Waals surface area contributed by atoms with Crippen LogP contribution in [0.5, 0.6) is 0 Å². The van der Waals surface area contributed by atoms with Crippen LogP contribution in [-0.2, 0) is 14.8 Å². The maximum atomic E-state index is 13.0. The maximum Gasteiger partial charge on any atom is 0.228 e. The Balaban J connectivity index is 1.38. The molecule has 8 heteroatoms. The van der Waals surface area contributed by atoms with Gasteiger partial charge in [-0.15, -0.1) is 0 Å². The lowest BCUT2D eigenvalue weighted by Crippen LogP contribution is -2.62. The molecule has 7 nitrogen and oxygen atoms in total. The number of nitrogens with one attached hydrogen (secondary N) is 1. The van der Waals surface area contributed by atoms with Gasteiger partial charge in [-0.2, -0.15) is 0 Å². The number of carbonyl (C=O) groups is 1. The summed E-state index contributed by atoms with van der Waals surface area (Å²) < 4.78 is 27.6. The van der Waals surface area contributed by atoms with Gasteiger partial charge in [-0.3, -0.25) is 4.79 Å². The molecule has 4 heterocycles. The van der Waals surface area contributed by atoms with Crippen molar-refractivity contribution in [1.82, 2.24) is 19.2 Å². The Morgan fingerprint density at radius 3 is 2.54 bits per heavy atom. The number of aromatic amines is 1. The SMILES string of the molecule is CC(C)(C)C(=O)N1CC(S(=O)(=O)N2CCC(c3c[nH]c4ncccc34)CC2)C1. The predicted molar refractivity (Wildman–Crippen MR) is 108 cm³/mol. The van der Waals surface area contributed by atoms with Crippen molar-refractivity contribution in [2.24, 2.45) is 5.41 Å². The Morgan fingerprint density at radius 1 is 1.21 bits per heavy atom. The Hall–Kier alpha value is -1.93. The van der Waals surface area contributed by atoms with Gasteiger partial charge in [-0.25, -0.2) is 17.7 Å². The zero-order chi connectivity index (χ0) is 20.1. The number of hydrogen-bond donors (Lipinski definition) is 1. The summed E-state index contributed by atoms with van der Waals surface area (Å²) >= 11 is 0. The molecule has 0 radical (unpaired) electrons. The minimum Gasteiger partial charge on any atom is -0.346 e. The Kier molecular flexibility index (Phi) is 4.74. The molecule has 152 valence electrons. The molecule has 2 aromatic heterocycles. The minimum atomic E-state index is -3.35. The number of piperidine rings is 1. The van der Waals surface area contributed by atoms with E-state index in [2.05, 4.69) is 16.0 Å². The lowest BCUT2D eigenvalue weighted by atomic mass is 9.90. The van der Waals surface area contributed by atoms with Crippen LogP contribution in [0.1, 0.15) is 45.1 Å². The molecule has 0 aliphatic carbocycles. The van der Waals surface area contributed by atoms with Crippen molar-refractivity contribution in [2.45, 2.75) is 44.8 Å². The lowest BCUT2D eigenvalue weighted by molar-refractivity contribution is -0.142. The molecule has 0 spiro atoms. The van der Waals surface area contributed by atoms with Gasteiger partial charge in [0.1, 0.15) is 10.9 Å². The van der Waals surface area contributed by atoms with Crippen LogP contribution >= 0.6 is 0 Å². The Morgan fingerprint density at radius 2 is 1.89 bits per heavy atom. The smallest absolute Gasteiger partial charge is 0.228 e. The molecule has 2 saturated heterocycles. The first-order valence-electron chi connectivity index (χ1n) is 9.88. The van der Waals surface area contributed by atoms with E-state index in [-0.39, 0.29) is 5.91 Å². The number of carbonyl (C=O) groups excluding carboxylic acids is 1. The largest absolute Gasteiger partial charge is 0.346 e. The predicted octanol–water partition coefficient (Wildman–Crippen LogP) is 2.33. The van der Waals surface area contributed by atoms with Crippen molar-refractivity contribution in [3.63, 3.8) is 0 Å². The highest BCUT2D eigenvalue weighted by atomic mass is 32.2. The summed E-state index contributed by atoms with van der Waals surface area (Å²) in [7, 11) is -3.35. The summed E-state index contributed by atoms with van der Waals surface area (Å²) in [4.78, 5) is 21.5. The molecule has 2 aromatic rings. The average Bonchev–Trinajstić information content (AvgIpc) is 3.03. The van der Waals surface area contributed by atoms with Crippen LogP contribution in [0.25, 0.3) is 11.0 Å². The van der Waals surface area contributed by atoms with E-state index in [1.165, 1.54) is 5.56 Å². The molecule has 0 unspecified atom stereocenters. The summed E-state index contributed by atoms with van der Waals surface area (Å²) in [6, 6.07) is 3.99. The van der Waals surface area contributed by atoms with Crippen molar-refractivity contribution < 1.29 is 13.2 Å². The maximum absolute atomic E-state index is 13.0. The van der Waals surface area contributed by atoms with E-state index in [0.29, 0.717) is 32.1 Å². The number of amides is 1. The first-order valence-corrected chi connectivity index (χ1v) is 11.4. The summed E-state index contributed by atoms with van der Waals surface area (Å²) in [6.45, 7) is 7.28. The van der Waals surface area contributed by atoms with E-state index >= 15 is 0 Å². The number of H-pyrrole nitrogens is 1. The number of nitrogens with zero attached hydrogens (tertiary/aromatic N) is 3. The molecule has 0 saturated carbocycles. The van der Waals surface area contributed by atoms with Crippen LogP contribution in [0.3, 0.4) is 0 Å². The van der Waals surface area contributed by atoms with Crippen LogP contribution in [0.4, 0.5) is 0 Å². The van der Waals surface area contributed by atoms with Crippen molar-refractivity contribution in [3.05, 3.63) is 30.1 Å². The molecule has 0 bridgehead atoms. The van der Waals surface area contributed by atoms with Gasteiger partial charge >= 0.3 is 0 Å². The average molecular weight is 405 g/mol. The fraction of sp³-hybridized carbons (Fsp3) is 0.600. The molecule has 0 atom stereocenters. The second kappa shape index (κ2) is 6.84. The second-order valence-electron chi connectivity index (χ2n) is 8.94. The molecule has 2 aliphatic heterocycles. The van der Waals surface area contributed by atoms with Crippen LogP contribution in [0.15, 0.2) is 24.5 Å². The summed E-state index contributed by atoms with van der Waals surface area (Å²) in [6.07, 6.45) is 5.38. The van der Waals surface area contributed by atoms with Gasteiger partial charge in [-0.1, -0.05) is 20.8 Å².